The molecule has 0 bridgehead atoms. The van der Waals surface area contributed by atoms with Crippen LogP contribution in [0.15, 0.2) is 36.5 Å². The van der Waals surface area contributed by atoms with Gasteiger partial charge >= 0.3 is 12.3 Å². The number of carbonyl (C=O) groups is 1. The smallest absolute Gasteiger partial charge is 0.417 e. The van der Waals surface area contributed by atoms with E-state index < -0.39 is 11.7 Å². The zero-order valence-electron chi connectivity index (χ0n) is 13.7. The number of halogens is 4. The van der Waals surface area contributed by atoms with Crippen LogP contribution in [0.1, 0.15) is 24.1 Å². The van der Waals surface area contributed by atoms with Crippen LogP contribution in [0.5, 0.6) is 0 Å². The van der Waals surface area contributed by atoms with Gasteiger partial charge in [-0.25, -0.2) is 9.78 Å². The Bertz CT molecular complexity index is 812. The lowest BCUT2D eigenvalue weighted by Gasteiger charge is -2.18. The third kappa shape index (κ3) is 3.85. The first-order valence-corrected chi connectivity index (χ1v) is 8.17. The lowest BCUT2D eigenvalue weighted by molar-refractivity contribution is -0.137. The molecule has 2 heterocycles. The van der Waals surface area contributed by atoms with Crippen molar-refractivity contribution in [2.24, 2.45) is 0 Å². The Morgan fingerprint density at radius 2 is 2.00 bits per heavy atom. The summed E-state index contributed by atoms with van der Waals surface area (Å²) in [5, 5.41) is 2.88. The van der Waals surface area contributed by atoms with Crippen molar-refractivity contribution in [3.05, 3.63) is 52.7 Å². The van der Waals surface area contributed by atoms with Crippen LogP contribution in [0.2, 0.25) is 5.02 Å². The van der Waals surface area contributed by atoms with E-state index in [2.05, 4.69) is 10.3 Å². The van der Waals surface area contributed by atoms with Crippen molar-refractivity contribution < 1.29 is 22.7 Å². The minimum atomic E-state index is -4.49. The van der Waals surface area contributed by atoms with Gasteiger partial charge < -0.3 is 10.1 Å². The largest absolute Gasteiger partial charge is 0.447 e. The molecule has 0 unspecified atom stereocenters. The number of pyridine rings is 1. The molecular weight excluding hydrogens is 371 g/mol. The van der Waals surface area contributed by atoms with Crippen molar-refractivity contribution in [1.82, 2.24) is 4.98 Å². The van der Waals surface area contributed by atoms with E-state index in [0.717, 1.165) is 17.8 Å². The molecule has 1 aliphatic rings. The number of nitrogens with one attached hydrogen (secondary N) is 1. The number of carbonyl (C=O) groups excluding carboxylic acids is 1. The van der Waals surface area contributed by atoms with Gasteiger partial charge in [-0.1, -0.05) is 23.7 Å². The van der Waals surface area contributed by atoms with E-state index in [0.29, 0.717) is 18.8 Å². The highest BCUT2D eigenvalue weighted by atomic mass is 35.5. The van der Waals surface area contributed by atoms with Gasteiger partial charge in [-0.15, -0.1) is 0 Å². The van der Waals surface area contributed by atoms with E-state index in [4.69, 9.17) is 16.3 Å². The zero-order valence-corrected chi connectivity index (χ0v) is 14.4. The van der Waals surface area contributed by atoms with Crippen molar-refractivity contribution in [2.75, 3.05) is 23.4 Å². The third-order valence-corrected chi connectivity index (χ3v) is 4.28. The Balaban J connectivity index is 1.72. The summed E-state index contributed by atoms with van der Waals surface area (Å²) in [5.41, 5.74) is 0.677. The molecule has 1 fully saturated rings. The number of hydrogen-bond acceptors (Lipinski definition) is 4. The molecule has 138 valence electrons. The van der Waals surface area contributed by atoms with Crippen molar-refractivity contribution in [2.45, 2.75) is 19.1 Å². The summed E-state index contributed by atoms with van der Waals surface area (Å²) in [5.74, 6) is 0.166. The molecule has 1 saturated heterocycles. The van der Waals surface area contributed by atoms with Gasteiger partial charge in [0.15, 0.2) is 0 Å². The SMILES string of the molecule is C[C@H](Nc1ncc(C(F)(F)F)cc1Cl)c1ccc(N2CCOC2=O)cc1. The van der Waals surface area contributed by atoms with Crippen LogP contribution in [0.25, 0.3) is 0 Å². The maximum Gasteiger partial charge on any atom is 0.417 e. The molecule has 0 spiro atoms. The predicted molar refractivity (Wildman–Crippen MR) is 91.4 cm³/mol. The fourth-order valence-electron chi connectivity index (χ4n) is 2.56. The van der Waals surface area contributed by atoms with Crippen molar-refractivity contribution in [1.29, 1.82) is 0 Å². The average Bonchev–Trinajstić information content (AvgIpc) is 3.02. The van der Waals surface area contributed by atoms with E-state index in [1.165, 1.54) is 4.90 Å². The number of hydrogen-bond donors (Lipinski definition) is 1. The van der Waals surface area contributed by atoms with Crippen LogP contribution >= 0.6 is 11.6 Å². The highest BCUT2D eigenvalue weighted by Crippen LogP contribution is 2.33. The van der Waals surface area contributed by atoms with E-state index in [1.54, 1.807) is 12.1 Å². The molecule has 1 aromatic heterocycles. The maximum absolute atomic E-state index is 12.7. The number of alkyl halides is 3. The number of cyclic esters (lactones) is 1. The summed E-state index contributed by atoms with van der Waals surface area (Å²) >= 11 is 5.91. The van der Waals surface area contributed by atoms with Crippen LogP contribution in [-0.4, -0.2) is 24.2 Å². The van der Waals surface area contributed by atoms with Gasteiger partial charge in [0.25, 0.3) is 0 Å². The number of amides is 1. The first-order valence-electron chi connectivity index (χ1n) is 7.79. The molecule has 1 aliphatic heterocycles. The number of rotatable bonds is 4. The van der Waals surface area contributed by atoms with E-state index >= 15 is 0 Å². The number of benzene rings is 1. The summed E-state index contributed by atoms with van der Waals surface area (Å²) in [4.78, 5) is 16.9. The average molecular weight is 386 g/mol. The Kier molecular flexibility index (Phi) is 4.95. The quantitative estimate of drug-likeness (QED) is 0.814. The lowest BCUT2D eigenvalue weighted by Crippen LogP contribution is -2.23. The van der Waals surface area contributed by atoms with Crippen LogP contribution in [0, 0.1) is 0 Å². The lowest BCUT2D eigenvalue weighted by atomic mass is 10.1. The third-order valence-electron chi connectivity index (χ3n) is 3.99. The summed E-state index contributed by atoms with van der Waals surface area (Å²) in [7, 11) is 0. The number of aromatic nitrogens is 1. The molecule has 5 nitrogen and oxygen atoms in total. The fourth-order valence-corrected chi connectivity index (χ4v) is 2.78. The molecule has 1 atom stereocenters. The predicted octanol–water partition coefficient (Wildman–Crippen LogP) is 4.88. The van der Waals surface area contributed by atoms with Crippen molar-refractivity contribution in [3.8, 4) is 0 Å². The monoisotopic (exact) mass is 385 g/mol. The summed E-state index contributed by atoms with van der Waals surface area (Å²) in [6, 6.07) is 7.78. The molecule has 0 aliphatic carbocycles. The normalized spacial score (nSPS) is 15.7. The fraction of sp³-hybridized carbons (Fsp3) is 0.294. The zero-order chi connectivity index (χ0) is 18.9. The second-order valence-corrected chi connectivity index (χ2v) is 6.18. The van der Waals surface area contributed by atoms with Crippen molar-refractivity contribution in [3.63, 3.8) is 0 Å². The molecular formula is C17H15ClF3N3O2. The second kappa shape index (κ2) is 7.03. The second-order valence-electron chi connectivity index (χ2n) is 5.78. The summed E-state index contributed by atoms with van der Waals surface area (Å²) in [6.45, 7) is 2.68. The molecule has 1 amide bonds. The molecule has 2 aromatic rings. The maximum atomic E-state index is 12.7. The topological polar surface area (TPSA) is 54.5 Å². The van der Waals surface area contributed by atoms with Crippen LogP contribution in [0.3, 0.4) is 0 Å². The first kappa shape index (κ1) is 18.3. The number of nitrogens with zero attached hydrogens (tertiary/aromatic N) is 2. The first-order chi connectivity index (χ1) is 12.3. The molecule has 0 radical (unpaired) electrons. The summed E-state index contributed by atoms with van der Waals surface area (Å²) in [6.07, 6.45) is -4.14. The van der Waals surface area contributed by atoms with Gasteiger partial charge in [-0.3, -0.25) is 4.90 Å². The Hall–Kier alpha value is -2.48. The molecule has 0 saturated carbocycles. The van der Waals surface area contributed by atoms with Gasteiger partial charge in [0.2, 0.25) is 0 Å². The summed E-state index contributed by atoms with van der Waals surface area (Å²) < 4.78 is 42.9. The Morgan fingerprint density at radius 3 is 2.54 bits per heavy atom. The number of ether oxygens (including phenoxy) is 1. The highest BCUT2D eigenvalue weighted by Gasteiger charge is 2.31. The van der Waals surface area contributed by atoms with Gasteiger partial charge in [0.05, 0.1) is 17.1 Å². The molecule has 1 N–H and O–H groups in total. The van der Waals surface area contributed by atoms with Crippen LogP contribution in [-0.2, 0) is 10.9 Å². The van der Waals surface area contributed by atoms with Gasteiger partial charge in [-0.05, 0) is 30.7 Å². The molecule has 3 rings (SSSR count). The van der Waals surface area contributed by atoms with Crippen molar-refractivity contribution >= 4 is 29.2 Å². The molecule has 9 heteroatoms. The minimum Gasteiger partial charge on any atom is -0.447 e. The van der Waals surface area contributed by atoms with E-state index in [-0.39, 0.29) is 23.0 Å². The van der Waals surface area contributed by atoms with Crippen LogP contribution < -0.4 is 10.2 Å². The standard InChI is InChI=1S/C17H15ClF3N3O2/c1-10(23-15-14(18)8-12(9-22-15)17(19,20)21)11-2-4-13(5-3-11)24-6-7-26-16(24)25/h2-5,8-10H,6-7H2,1H3,(H,22,23)/t10-/m0/s1. The van der Waals surface area contributed by atoms with E-state index in [1.807, 2.05) is 19.1 Å². The Morgan fingerprint density at radius 1 is 1.31 bits per heavy atom. The van der Waals surface area contributed by atoms with Gasteiger partial charge in [0.1, 0.15) is 12.4 Å². The van der Waals surface area contributed by atoms with Crippen LogP contribution in [0.4, 0.5) is 29.5 Å². The Labute approximate surface area is 152 Å². The highest BCUT2D eigenvalue weighted by molar-refractivity contribution is 6.33. The van der Waals surface area contributed by atoms with E-state index in [9.17, 15) is 18.0 Å². The molecule has 26 heavy (non-hydrogen) atoms. The van der Waals surface area contributed by atoms with Gasteiger partial charge in [0, 0.05) is 17.9 Å². The molecule has 1 aromatic carbocycles. The minimum absolute atomic E-state index is 0.108. The van der Waals surface area contributed by atoms with Gasteiger partial charge in [-0.2, -0.15) is 13.2 Å². The number of anilines is 2.